The van der Waals surface area contributed by atoms with Crippen molar-refractivity contribution in [2.45, 2.75) is 13.3 Å². The molecule has 0 radical (unpaired) electrons. The van der Waals surface area contributed by atoms with Crippen LogP contribution in [0.25, 0.3) is 0 Å². The molecule has 0 fully saturated rings. The van der Waals surface area contributed by atoms with Gasteiger partial charge in [0.15, 0.2) is 0 Å². The lowest BCUT2D eigenvalue weighted by Crippen LogP contribution is -2.02. The van der Waals surface area contributed by atoms with E-state index in [0.29, 0.717) is 0 Å². The van der Waals surface area contributed by atoms with Crippen LogP contribution in [0, 0.1) is 0 Å². The number of hydrogen-bond donors (Lipinski definition) is 1. The van der Waals surface area contributed by atoms with Gasteiger partial charge >= 0.3 is 13.8 Å². The Bertz CT molecular complexity index is 177. The van der Waals surface area contributed by atoms with Gasteiger partial charge in [0.1, 0.15) is 0 Å². The molecule has 11 heavy (non-hydrogen) atoms. The predicted molar refractivity (Wildman–Crippen MR) is 34.3 cm³/mol. The summed E-state index contributed by atoms with van der Waals surface area (Å²) >= 11 is 0. The van der Waals surface area contributed by atoms with Crippen LogP contribution in [0.1, 0.15) is 13.3 Å². The zero-order valence-electron chi connectivity index (χ0n) is 6.14. The van der Waals surface area contributed by atoms with E-state index in [2.05, 4.69) is 14.1 Å². The van der Waals surface area contributed by atoms with Crippen molar-refractivity contribution >= 4 is 13.8 Å². The molecule has 1 N–H and O–H groups in total. The summed E-state index contributed by atoms with van der Waals surface area (Å²) in [5.41, 5.74) is 0. The molecule has 0 aliphatic rings. The van der Waals surface area contributed by atoms with E-state index in [9.17, 15) is 9.36 Å². The van der Waals surface area contributed by atoms with Gasteiger partial charge in [-0.05, 0) is 0 Å². The first kappa shape index (κ1) is 10.6. The average molecular weight is 184 g/mol. The van der Waals surface area contributed by atoms with Crippen molar-refractivity contribution in [3.8, 4) is 0 Å². The Labute approximate surface area is 63.6 Å². The second-order valence-electron chi connectivity index (χ2n) is 1.53. The standard InChI is InChI=1S/C4H9O6P/c1-3-4(5)9-10-11(6,7)8-2/h3H2,1-2H3,(H,6,7). The highest BCUT2D eigenvalue weighted by Crippen LogP contribution is 2.42. The minimum absolute atomic E-state index is 0.0592. The van der Waals surface area contributed by atoms with Gasteiger partial charge in [-0.2, -0.15) is 0 Å². The van der Waals surface area contributed by atoms with E-state index in [4.69, 9.17) is 4.89 Å². The molecule has 0 saturated carbocycles. The molecule has 0 heterocycles. The molecule has 1 unspecified atom stereocenters. The molecule has 0 aromatic carbocycles. The molecule has 6 nitrogen and oxygen atoms in total. The van der Waals surface area contributed by atoms with Crippen molar-refractivity contribution < 1.29 is 28.3 Å². The molecule has 0 rings (SSSR count). The van der Waals surface area contributed by atoms with E-state index in [-0.39, 0.29) is 6.42 Å². The van der Waals surface area contributed by atoms with E-state index in [0.717, 1.165) is 7.11 Å². The Hall–Kier alpha value is -0.420. The van der Waals surface area contributed by atoms with E-state index in [1.165, 1.54) is 6.92 Å². The summed E-state index contributed by atoms with van der Waals surface area (Å²) in [5.74, 6) is -0.740. The Morgan fingerprint density at radius 1 is 1.64 bits per heavy atom. The molecule has 66 valence electrons. The number of rotatable bonds is 4. The van der Waals surface area contributed by atoms with E-state index in [1.54, 1.807) is 0 Å². The molecular weight excluding hydrogens is 175 g/mol. The van der Waals surface area contributed by atoms with Crippen LogP contribution in [0.5, 0.6) is 0 Å². The first-order valence-corrected chi connectivity index (χ1v) is 4.29. The van der Waals surface area contributed by atoms with Crippen molar-refractivity contribution in [2.75, 3.05) is 7.11 Å². The summed E-state index contributed by atoms with van der Waals surface area (Å²) < 4.78 is 18.2. The van der Waals surface area contributed by atoms with Crippen LogP contribution in [-0.4, -0.2) is 18.0 Å². The van der Waals surface area contributed by atoms with E-state index < -0.39 is 13.8 Å². The van der Waals surface area contributed by atoms with Gasteiger partial charge in [0, 0.05) is 13.5 Å². The number of phosphoric acid groups is 1. The molecule has 0 aliphatic heterocycles. The largest absolute Gasteiger partial charge is 0.508 e. The van der Waals surface area contributed by atoms with Crippen molar-refractivity contribution in [3.05, 3.63) is 0 Å². The fourth-order valence-corrected chi connectivity index (χ4v) is 0.416. The third kappa shape index (κ3) is 4.92. The minimum Gasteiger partial charge on any atom is -0.300 e. The van der Waals surface area contributed by atoms with Gasteiger partial charge < -0.3 is 4.89 Å². The van der Waals surface area contributed by atoms with Crippen LogP contribution in [0.3, 0.4) is 0 Å². The summed E-state index contributed by atoms with van der Waals surface area (Å²) in [4.78, 5) is 22.7. The van der Waals surface area contributed by atoms with E-state index in [1.807, 2.05) is 0 Å². The van der Waals surface area contributed by atoms with Gasteiger partial charge in [-0.15, -0.1) is 0 Å². The SMILES string of the molecule is CCC(=O)OOP(=O)(O)OC. The molecule has 0 amide bonds. The van der Waals surface area contributed by atoms with Crippen LogP contribution >= 0.6 is 7.82 Å². The maximum atomic E-state index is 10.4. The van der Waals surface area contributed by atoms with Crippen molar-refractivity contribution in [1.29, 1.82) is 0 Å². The van der Waals surface area contributed by atoms with Crippen LogP contribution in [-0.2, 0) is 23.4 Å². The van der Waals surface area contributed by atoms with Gasteiger partial charge in [-0.25, -0.2) is 9.36 Å². The monoisotopic (exact) mass is 184 g/mol. The molecule has 0 bridgehead atoms. The Morgan fingerprint density at radius 2 is 2.18 bits per heavy atom. The summed E-state index contributed by atoms with van der Waals surface area (Å²) in [6.07, 6.45) is 0.0592. The molecule has 0 aromatic heterocycles. The topological polar surface area (TPSA) is 82.1 Å². The number of carbonyl (C=O) groups excluding carboxylic acids is 1. The van der Waals surface area contributed by atoms with Crippen LogP contribution < -0.4 is 0 Å². The van der Waals surface area contributed by atoms with Gasteiger partial charge in [-0.3, -0.25) is 9.41 Å². The lowest BCUT2D eigenvalue weighted by atomic mass is 10.5. The summed E-state index contributed by atoms with van der Waals surface area (Å²) in [6.45, 7) is 1.51. The normalized spacial score (nSPS) is 15.5. The fraction of sp³-hybridized carbons (Fsp3) is 0.750. The zero-order chi connectivity index (χ0) is 8.91. The van der Waals surface area contributed by atoms with Crippen molar-refractivity contribution in [2.24, 2.45) is 0 Å². The maximum absolute atomic E-state index is 10.4. The average Bonchev–Trinajstić information content (AvgIpc) is 2.00. The highest BCUT2D eigenvalue weighted by Gasteiger charge is 2.21. The molecule has 0 saturated heterocycles. The summed E-state index contributed by atoms with van der Waals surface area (Å²) in [5, 5.41) is 0. The van der Waals surface area contributed by atoms with Crippen LogP contribution in [0.15, 0.2) is 0 Å². The van der Waals surface area contributed by atoms with Crippen LogP contribution in [0.4, 0.5) is 0 Å². The first-order valence-electron chi connectivity index (χ1n) is 2.79. The summed E-state index contributed by atoms with van der Waals surface area (Å²) in [6, 6.07) is 0. The van der Waals surface area contributed by atoms with Crippen molar-refractivity contribution in [3.63, 3.8) is 0 Å². The molecular formula is C4H9O6P. The maximum Gasteiger partial charge on any atom is 0.508 e. The summed E-state index contributed by atoms with van der Waals surface area (Å²) in [7, 11) is -3.22. The van der Waals surface area contributed by atoms with Gasteiger partial charge in [0.05, 0.1) is 0 Å². The molecule has 0 spiro atoms. The highest BCUT2D eigenvalue weighted by molar-refractivity contribution is 7.47. The van der Waals surface area contributed by atoms with Crippen molar-refractivity contribution in [1.82, 2.24) is 0 Å². The van der Waals surface area contributed by atoms with Crippen LogP contribution in [0.2, 0.25) is 0 Å². The Morgan fingerprint density at radius 3 is 2.55 bits per heavy atom. The van der Waals surface area contributed by atoms with E-state index >= 15 is 0 Å². The molecule has 0 aliphatic carbocycles. The number of phosphoric ester groups is 1. The third-order valence-electron chi connectivity index (χ3n) is 0.744. The lowest BCUT2D eigenvalue weighted by molar-refractivity contribution is -0.222. The van der Waals surface area contributed by atoms with Gasteiger partial charge in [0.25, 0.3) is 0 Å². The molecule has 7 heteroatoms. The quantitative estimate of drug-likeness (QED) is 0.391. The molecule has 0 aromatic rings. The highest BCUT2D eigenvalue weighted by atomic mass is 31.2. The number of carbonyl (C=O) groups is 1. The number of hydrogen-bond acceptors (Lipinski definition) is 5. The molecule has 1 atom stereocenters. The predicted octanol–water partition coefficient (Wildman–Crippen LogP) is 0.618. The van der Waals surface area contributed by atoms with Gasteiger partial charge in [0.2, 0.25) is 0 Å². The second-order valence-corrected chi connectivity index (χ2v) is 2.99. The lowest BCUT2D eigenvalue weighted by Gasteiger charge is -2.05. The smallest absolute Gasteiger partial charge is 0.300 e. The Balaban J connectivity index is 3.70. The first-order chi connectivity index (χ1) is 5.02. The second kappa shape index (κ2) is 4.46. The minimum atomic E-state index is -4.18. The third-order valence-corrected chi connectivity index (χ3v) is 1.47. The van der Waals surface area contributed by atoms with Gasteiger partial charge in [-0.1, -0.05) is 11.6 Å². The Kier molecular flexibility index (Phi) is 4.29. The fourth-order valence-electron chi connectivity index (χ4n) is 0.178. The zero-order valence-corrected chi connectivity index (χ0v) is 7.04.